The zero-order valence-corrected chi connectivity index (χ0v) is 10.7. The summed E-state index contributed by atoms with van der Waals surface area (Å²) in [6, 6.07) is 4.89. The fraction of sp³-hybridized carbons (Fsp3) is 0.583. The molecule has 3 heteroatoms. The third-order valence-electron chi connectivity index (χ3n) is 3.01. The molecule has 0 N–H and O–H groups in total. The van der Waals surface area contributed by atoms with Crippen molar-refractivity contribution in [1.82, 2.24) is 4.98 Å². The van der Waals surface area contributed by atoms with Gasteiger partial charge in [-0.1, -0.05) is 13.3 Å². The molecule has 1 atom stereocenters. The van der Waals surface area contributed by atoms with E-state index in [-0.39, 0.29) is 0 Å². The van der Waals surface area contributed by atoms with E-state index in [1.165, 1.54) is 32.2 Å². The van der Waals surface area contributed by atoms with Crippen molar-refractivity contribution < 1.29 is 0 Å². The van der Waals surface area contributed by atoms with Crippen molar-refractivity contribution in [1.29, 1.82) is 0 Å². The van der Waals surface area contributed by atoms with Gasteiger partial charge in [-0.15, -0.1) is 0 Å². The van der Waals surface area contributed by atoms with Crippen LogP contribution >= 0.6 is 15.9 Å². The van der Waals surface area contributed by atoms with Crippen molar-refractivity contribution in [2.75, 3.05) is 11.4 Å². The molecule has 1 aromatic rings. The molecule has 2 rings (SSSR count). The molecule has 0 radical (unpaired) electrons. The molecule has 82 valence electrons. The van der Waals surface area contributed by atoms with E-state index in [0.29, 0.717) is 6.04 Å². The van der Waals surface area contributed by atoms with E-state index in [0.717, 1.165) is 10.3 Å². The summed E-state index contributed by atoms with van der Waals surface area (Å²) < 4.78 is 1.05. The second-order valence-corrected chi connectivity index (χ2v) is 5.03. The van der Waals surface area contributed by atoms with E-state index in [4.69, 9.17) is 0 Å². The van der Waals surface area contributed by atoms with Gasteiger partial charge in [-0.2, -0.15) is 0 Å². The van der Waals surface area contributed by atoms with Gasteiger partial charge in [-0.25, -0.2) is 4.98 Å². The average molecular weight is 269 g/mol. The lowest BCUT2D eigenvalue weighted by molar-refractivity contribution is 0.596. The summed E-state index contributed by atoms with van der Waals surface area (Å²) in [6.45, 7) is 3.42. The van der Waals surface area contributed by atoms with Gasteiger partial charge in [0.05, 0.1) is 0 Å². The Morgan fingerprint density at radius 2 is 2.40 bits per heavy atom. The number of pyridine rings is 1. The Kier molecular flexibility index (Phi) is 3.62. The molecule has 0 saturated carbocycles. The minimum absolute atomic E-state index is 0.712. The van der Waals surface area contributed by atoms with Gasteiger partial charge in [-0.05, 0) is 47.3 Å². The molecule has 1 aromatic heterocycles. The highest BCUT2D eigenvalue weighted by Crippen LogP contribution is 2.26. The van der Waals surface area contributed by atoms with Crippen LogP contribution in [0.5, 0.6) is 0 Å². The third kappa shape index (κ3) is 2.51. The van der Waals surface area contributed by atoms with Crippen molar-refractivity contribution in [2.45, 2.75) is 38.6 Å². The summed E-state index contributed by atoms with van der Waals surface area (Å²) in [5.74, 6) is 1.13. The van der Waals surface area contributed by atoms with Crippen molar-refractivity contribution >= 4 is 21.7 Å². The third-order valence-corrected chi connectivity index (χ3v) is 3.47. The van der Waals surface area contributed by atoms with E-state index < -0.39 is 0 Å². The summed E-state index contributed by atoms with van der Waals surface area (Å²) >= 11 is 3.42. The molecule has 1 unspecified atom stereocenters. The van der Waals surface area contributed by atoms with Gasteiger partial charge in [0.1, 0.15) is 5.82 Å². The number of aromatic nitrogens is 1. The maximum Gasteiger partial charge on any atom is 0.128 e. The van der Waals surface area contributed by atoms with Crippen LogP contribution in [-0.4, -0.2) is 17.6 Å². The topological polar surface area (TPSA) is 16.1 Å². The van der Waals surface area contributed by atoms with E-state index in [2.05, 4.69) is 44.9 Å². The Labute approximate surface area is 99.8 Å². The van der Waals surface area contributed by atoms with Crippen molar-refractivity contribution in [3.8, 4) is 0 Å². The molecule has 1 fully saturated rings. The minimum atomic E-state index is 0.712. The molecule has 0 bridgehead atoms. The van der Waals surface area contributed by atoms with E-state index in [9.17, 15) is 0 Å². The Bertz CT molecular complexity index is 310. The lowest BCUT2D eigenvalue weighted by Crippen LogP contribution is -2.29. The van der Waals surface area contributed by atoms with Gasteiger partial charge in [0, 0.05) is 23.3 Å². The number of halogens is 1. The molecule has 0 spiro atoms. The molecule has 1 aliphatic heterocycles. The lowest BCUT2D eigenvalue weighted by Gasteiger charge is -2.25. The van der Waals surface area contributed by atoms with Crippen LogP contribution in [-0.2, 0) is 0 Å². The smallest absolute Gasteiger partial charge is 0.128 e. The Balaban J connectivity index is 2.11. The summed E-state index contributed by atoms with van der Waals surface area (Å²) in [4.78, 5) is 6.93. The molecule has 1 saturated heterocycles. The summed E-state index contributed by atoms with van der Waals surface area (Å²) in [5, 5.41) is 0. The summed E-state index contributed by atoms with van der Waals surface area (Å²) in [6.07, 6.45) is 7.07. The number of hydrogen-bond donors (Lipinski definition) is 0. The number of nitrogens with zero attached hydrogens (tertiary/aromatic N) is 2. The normalized spacial score (nSPS) is 20.9. The molecule has 1 aliphatic rings. The van der Waals surface area contributed by atoms with Gasteiger partial charge in [0.15, 0.2) is 0 Å². The number of rotatable bonds is 3. The number of anilines is 1. The van der Waals surface area contributed by atoms with Gasteiger partial charge in [0.25, 0.3) is 0 Å². The van der Waals surface area contributed by atoms with Gasteiger partial charge in [0.2, 0.25) is 0 Å². The fourth-order valence-electron chi connectivity index (χ4n) is 2.31. The van der Waals surface area contributed by atoms with Crippen LogP contribution in [0.3, 0.4) is 0 Å². The molecular formula is C12H17BrN2. The van der Waals surface area contributed by atoms with Gasteiger partial charge in [-0.3, -0.25) is 0 Å². The SMILES string of the molecule is CCCC1CCCN1c1ccc(Br)cn1. The van der Waals surface area contributed by atoms with E-state index >= 15 is 0 Å². The van der Waals surface area contributed by atoms with Crippen molar-refractivity contribution in [2.24, 2.45) is 0 Å². The van der Waals surface area contributed by atoms with Gasteiger partial charge >= 0.3 is 0 Å². The summed E-state index contributed by atoms with van der Waals surface area (Å²) in [7, 11) is 0. The number of hydrogen-bond acceptors (Lipinski definition) is 2. The predicted molar refractivity (Wildman–Crippen MR) is 67.2 cm³/mol. The first-order valence-electron chi connectivity index (χ1n) is 5.69. The highest BCUT2D eigenvalue weighted by atomic mass is 79.9. The summed E-state index contributed by atoms with van der Waals surface area (Å²) in [5.41, 5.74) is 0. The molecular weight excluding hydrogens is 252 g/mol. The first-order chi connectivity index (χ1) is 7.31. The first-order valence-corrected chi connectivity index (χ1v) is 6.48. The van der Waals surface area contributed by atoms with Crippen LogP contribution < -0.4 is 4.90 Å². The van der Waals surface area contributed by atoms with Crippen molar-refractivity contribution in [3.63, 3.8) is 0 Å². The van der Waals surface area contributed by atoms with Crippen molar-refractivity contribution in [3.05, 3.63) is 22.8 Å². The second-order valence-electron chi connectivity index (χ2n) is 4.11. The van der Waals surface area contributed by atoms with Crippen LogP contribution in [0, 0.1) is 0 Å². The molecule has 0 amide bonds. The predicted octanol–water partition coefficient (Wildman–Crippen LogP) is 3.61. The minimum Gasteiger partial charge on any atom is -0.354 e. The molecule has 15 heavy (non-hydrogen) atoms. The molecule has 0 aliphatic carbocycles. The van der Waals surface area contributed by atoms with E-state index in [1.807, 2.05) is 6.20 Å². The molecule has 2 heterocycles. The first kappa shape index (κ1) is 10.9. The Hall–Kier alpha value is -0.570. The second kappa shape index (κ2) is 4.97. The van der Waals surface area contributed by atoms with E-state index in [1.54, 1.807) is 0 Å². The van der Waals surface area contributed by atoms with Crippen LogP contribution in [0.25, 0.3) is 0 Å². The van der Waals surface area contributed by atoms with Crippen LogP contribution in [0.4, 0.5) is 5.82 Å². The highest BCUT2D eigenvalue weighted by molar-refractivity contribution is 9.10. The highest BCUT2D eigenvalue weighted by Gasteiger charge is 2.24. The molecule has 0 aromatic carbocycles. The monoisotopic (exact) mass is 268 g/mol. The average Bonchev–Trinajstić information content (AvgIpc) is 2.68. The Morgan fingerprint density at radius 3 is 3.07 bits per heavy atom. The largest absolute Gasteiger partial charge is 0.354 e. The van der Waals surface area contributed by atoms with Crippen LogP contribution in [0.1, 0.15) is 32.6 Å². The van der Waals surface area contributed by atoms with Crippen LogP contribution in [0.2, 0.25) is 0 Å². The fourth-order valence-corrected chi connectivity index (χ4v) is 2.54. The maximum absolute atomic E-state index is 4.47. The Morgan fingerprint density at radius 1 is 1.53 bits per heavy atom. The molecule has 2 nitrogen and oxygen atoms in total. The lowest BCUT2D eigenvalue weighted by atomic mass is 10.1. The standard InChI is InChI=1S/C12H17BrN2/c1-2-4-11-5-3-8-15(11)12-7-6-10(13)9-14-12/h6-7,9,11H,2-5,8H2,1H3. The van der Waals surface area contributed by atoms with Gasteiger partial charge < -0.3 is 4.90 Å². The zero-order valence-electron chi connectivity index (χ0n) is 9.12. The van der Waals surface area contributed by atoms with Crippen LogP contribution in [0.15, 0.2) is 22.8 Å². The zero-order chi connectivity index (χ0) is 10.7. The quantitative estimate of drug-likeness (QED) is 0.833. The maximum atomic E-state index is 4.47.